The molecule has 0 unspecified atom stereocenters. The van der Waals surface area contributed by atoms with Crippen molar-refractivity contribution in [2.75, 3.05) is 18.1 Å². The van der Waals surface area contributed by atoms with E-state index in [2.05, 4.69) is 6.58 Å². The molecule has 4 heteroatoms. The minimum atomic E-state index is -0.152. The summed E-state index contributed by atoms with van der Waals surface area (Å²) in [5, 5.41) is 0.486. The first-order chi connectivity index (χ1) is 10.2. The molecule has 0 aliphatic rings. The second-order valence-electron chi connectivity index (χ2n) is 4.35. The van der Waals surface area contributed by atoms with E-state index in [9.17, 15) is 4.79 Å². The van der Waals surface area contributed by atoms with Gasteiger partial charge in [-0.2, -0.15) is 0 Å². The lowest BCUT2D eigenvalue weighted by Gasteiger charge is -2.21. The summed E-state index contributed by atoms with van der Waals surface area (Å²) in [6.45, 7) is 4.03. The Labute approximate surface area is 129 Å². The van der Waals surface area contributed by atoms with Crippen molar-refractivity contribution >= 4 is 23.2 Å². The molecule has 21 heavy (non-hydrogen) atoms. The maximum absolute atomic E-state index is 12.3. The fourth-order valence-corrected chi connectivity index (χ4v) is 2.06. The number of rotatable bonds is 6. The van der Waals surface area contributed by atoms with Crippen molar-refractivity contribution in [2.24, 2.45) is 0 Å². The lowest BCUT2D eigenvalue weighted by molar-refractivity contribution is -0.120. The quantitative estimate of drug-likeness (QED) is 0.756. The largest absolute Gasteiger partial charge is 0.482 e. The predicted molar refractivity (Wildman–Crippen MR) is 85.9 cm³/mol. The minimum absolute atomic E-state index is 0.0769. The zero-order chi connectivity index (χ0) is 15.1. The van der Waals surface area contributed by atoms with E-state index in [0.717, 1.165) is 5.69 Å². The van der Waals surface area contributed by atoms with Gasteiger partial charge in [0.15, 0.2) is 6.61 Å². The predicted octanol–water partition coefficient (Wildman–Crippen LogP) is 3.94. The van der Waals surface area contributed by atoms with Gasteiger partial charge in [0.05, 0.1) is 5.02 Å². The van der Waals surface area contributed by atoms with Crippen molar-refractivity contribution in [3.63, 3.8) is 0 Å². The van der Waals surface area contributed by atoms with Crippen LogP contribution in [0.25, 0.3) is 0 Å². The molecule has 0 aromatic heterocycles. The number of amides is 1. The molecule has 2 aromatic rings. The van der Waals surface area contributed by atoms with E-state index in [-0.39, 0.29) is 12.5 Å². The lowest BCUT2D eigenvalue weighted by atomic mass is 10.3. The summed E-state index contributed by atoms with van der Waals surface area (Å²) in [5.74, 6) is 0.347. The molecule has 0 bridgehead atoms. The van der Waals surface area contributed by atoms with Gasteiger partial charge in [-0.3, -0.25) is 4.79 Å². The molecule has 0 saturated heterocycles. The average molecular weight is 302 g/mol. The molecule has 1 amide bonds. The highest BCUT2D eigenvalue weighted by Crippen LogP contribution is 2.23. The van der Waals surface area contributed by atoms with E-state index in [1.165, 1.54) is 0 Å². The number of para-hydroxylation sites is 2. The van der Waals surface area contributed by atoms with Gasteiger partial charge in [-0.25, -0.2) is 0 Å². The molecule has 0 aliphatic heterocycles. The number of halogens is 1. The molecule has 0 saturated carbocycles. The smallest absolute Gasteiger partial charge is 0.265 e. The maximum Gasteiger partial charge on any atom is 0.265 e. The van der Waals surface area contributed by atoms with E-state index >= 15 is 0 Å². The molecule has 0 heterocycles. The van der Waals surface area contributed by atoms with Gasteiger partial charge in [0.25, 0.3) is 5.91 Å². The molecule has 0 N–H and O–H groups in total. The third-order valence-electron chi connectivity index (χ3n) is 2.87. The summed E-state index contributed by atoms with van der Waals surface area (Å²) < 4.78 is 5.49. The maximum atomic E-state index is 12.3. The van der Waals surface area contributed by atoms with Gasteiger partial charge in [-0.1, -0.05) is 48.0 Å². The number of carbonyl (C=O) groups is 1. The van der Waals surface area contributed by atoms with Crippen LogP contribution in [0.15, 0.2) is 67.3 Å². The number of carbonyl (C=O) groups excluding carboxylic acids is 1. The summed E-state index contributed by atoms with van der Waals surface area (Å²) in [5.41, 5.74) is 0.810. The Balaban J connectivity index is 2.06. The molecule has 3 nitrogen and oxygen atoms in total. The third-order valence-corrected chi connectivity index (χ3v) is 3.18. The number of benzene rings is 2. The first-order valence-corrected chi connectivity index (χ1v) is 6.94. The van der Waals surface area contributed by atoms with Gasteiger partial charge in [-0.15, -0.1) is 6.58 Å². The van der Waals surface area contributed by atoms with Crippen LogP contribution >= 0.6 is 11.6 Å². The number of ether oxygens (including phenoxy) is 1. The van der Waals surface area contributed by atoms with Crippen molar-refractivity contribution in [2.45, 2.75) is 0 Å². The number of anilines is 1. The van der Waals surface area contributed by atoms with Crippen LogP contribution in [-0.2, 0) is 4.79 Å². The Kier molecular flexibility index (Phi) is 5.41. The summed E-state index contributed by atoms with van der Waals surface area (Å²) in [4.78, 5) is 13.9. The second kappa shape index (κ2) is 7.50. The summed E-state index contributed by atoms with van der Waals surface area (Å²) in [6.07, 6.45) is 1.68. The van der Waals surface area contributed by atoms with Gasteiger partial charge in [0.1, 0.15) is 5.75 Å². The zero-order valence-corrected chi connectivity index (χ0v) is 12.3. The average Bonchev–Trinajstić information content (AvgIpc) is 2.52. The van der Waals surface area contributed by atoms with Gasteiger partial charge >= 0.3 is 0 Å². The van der Waals surface area contributed by atoms with E-state index < -0.39 is 0 Å². The molecule has 108 valence electrons. The summed E-state index contributed by atoms with van der Waals surface area (Å²) >= 11 is 6.00. The van der Waals surface area contributed by atoms with Crippen LogP contribution in [0.5, 0.6) is 5.75 Å². The Bertz CT molecular complexity index is 613. The fraction of sp³-hybridized carbons (Fsp3) is 0.118. The Hall–Kier alpha value is -2.26. The van der Waals surface area contributed by atoms with Crippen molar-refractivity contribution in [1.82, 2.24) is 0 Å². The van der Waals surface area contributed by atoms with Crippen LogP contribution in [-0.4, -0.2) is 19.1 Å². The summed E-state index contributed by atoms with van der Waals surface area (Å²) in [6, 6.07) is 16.5. The highest BCUT2D eigenvalue weighted by atomic mass is 35.5. The Morgan fingerprint density at radius 2 is 1.81 bits per heavy atom. The van der Waals surface area contributed by atoms with E-state index in [0.29, 0.717) is 17.3 Å². The van der Waals surface area contributed by atoms with Crippen LogP contribution in [0.4, 0.5) is 5.69 Å². The molecule has 0 radical (unpaired) electrons. The Morgan fingerprint density at radius 1 is 1.14 bits per heavy atom. The van der Waals surface area contributed by atoms with Crippen LogP contribution in [0, 0.1) is 0 Å². The topological polar surface area (TPSA) is 29.5 Å². The molecule has 0 atom stereocenters. The van der Waals surface area contributed by atoms with E-state index in [1.807, 2.05) is 42.5 Å². The summed E-state index contributed by atoms with van der Waals surface area (Å²) in [7, 11) is 0. The van der Waals surface area contributed by atoms with E-state index in [4.69, 9.17) is 16.3 Å². The van der Waals surface area contributed by atoms with Gasteiger partial charge in [-0.05, 0) is 24.3 Å². The first-order valence-electron chi connectivity index (χ1n) is 6.56. The standard InChI is InChI=1S/C17H16ClNO2/c1-2-12-19(14-8-4-3-5-9-14)17(20)13-21-16-11-7-6-10-15(16)18/h2-11H,1,12-13H2. The van der Waals surface area contributed by atoms with Gasteiger partial charge in [0, 0.05) is 12.2 Å². The SMILES string of the molecule is C=CCN(C(=O)COc1ccccc1Cl)c1ccccc1. The first kappa shape index (κ1) is 15.1. The minimum Gasteiger partial charge on any atom is -0.482 e. The third kappa shape index (κ3) is 4.10. The van der Waals surface area contributed by atoms with Crippen molar-refractivity contribution in [3.05, 3.63) is 72.3 Å². The van der Waals surface area contributed by atoms with E-state index in [1.54, 1.807) is 23.1 Å². The van der Waals surface area contributed by atoms with Gasteiger partial charge in [0.2, 0.25) is 0 Å². The normalized spacial score (nSPS) is 9.95. The lowest BCUT2D eigenvalue weighted by Crippen LogP contribution is -2.35. The molecule has 0 aliphatic carbocycles. The van der Waals surface area contributed by atoms with Crippen molar-refractivity contribution < 1.29 is 9.53 Å². The molecule has 2 rings (SSSR count). The fourth-order valence-electron chi connectivity index (χ4n) is 1.87. The monoisotopic (exact) mass is 301 g/mol. The molecule has 0 spiro atoms. The van der Waals surface area contributed by atoms with Crippen LogP contribution < -0.4 is 9.64 Å². The number of hydrogen-bond donors (Lipinski definition) is 0. The Morgan fingerprint density at radius 3 is 2.48 bits per heavy atom. The molecule has 0 fully saturated rings. The van der Waals surface area contributed by atoms with Crippen LogP contribution in [0.3, 0.4) is 0 Å². The molecular weight excluding hydrogens is 286 g/mol. The van der Waals surface area contributed by atoms with Crippen molar-refractivity contribution in [1.29, 1.82) is 0 Å². The number of nitrogens with zero attached hydrogens (tertiary/aromatic N) is 1. The van der Waals surface area contributed by atoms with Gasteiger partial charge < -0.3 is 9.64 Å². The second-order valence-corrected chi connectivity index (χ2v) is 4.75. The highest BCUT2D eigenvalue weighted by molar-refractivity contribution is 6.32. The molecular formula is C17H16ClNO2. The number of hydrogen-bond acceptors (Lipinski definition) is 2. The zero-order valence-electron chi connectivity index (χ0n) is 11.5. The highest BCUT2D eigenvalue weighted by Gasteiger charge is 2.15. The van der Waals surface area contributed by atoms with Crippen molar-refractivity contribution in [3.8, 4) is 5.75 Å². The van der Waals surface area contributed by atoms with Crippen LogP contribution in [0.2, 0.25) is 5.02 Å². The molecule has 2 aromatic carbocycles. The van der Waals surface area contributed by atoms with Crippen LogP contribution in [0.1, 0.15) is 0 Å².